The quantitative estimate of drug-likeness (QED) is 0.542. The van der Waals surface area contributed by atoms with Gasteiger partial charge in [-0.15, -0.1) is 0 Å². The van der Waals surface area contributed by atoms with Crippen LogP contribution < -0.4 is 0 Å². The number of rotatable bonds is 3. The van der Waals surface area contributed by atoms with Crippen molar-refractivity contribution in [2.24, 2.45) is 0 Å². The van der Waals surface area contributed by atoms with E-state index in [0.29, 0.717) is 0 Å². The fraction of sp³-hybridized carbons (Fsp3) is 1.00. The van der Waals surface area contributed by atoms with E-state index in [1.54, 1.807) is 0 Å². The first kappa shape index (κ1) is 7.78. The molecule has 4 heteroatoms. The summed E-state index contributed by atoms with van der Waals surface area (Å²) in [5.74, 6) is 0. The first-order valence-corrected chi connectivity index (χ1v) is 2.20. The molecule has 50 valence electrons. The second-order valence-corrected chi connectivity index (χ2v) is 1.44. The van der Waals surface area contributed by atoms with Crippen molar-refractivity contribution in [1.82, 2.24) is 0 Å². The normalized spacial score (nSPS) is 18.0. The van der Waals surface area contributed by atoms with Crippen molar-refractivity contribution in [3.63, 3.8) is 0 Å². The van der Waals surface area contributed by atoms with E-state index in [1.165, 1.54) is 0 Å². The van der Waals surface area contributed by atoms with Crippen LogP contribution in [0.15, 0.2) is 0 Å². The minimum atomic E-state index is -1.57. The summed E-state index contributed by atoms with van der Waals surface area (Å²) in [5, 5.41) is 16.5. The lowest BCUT2D eigenvalue weighted by molar-refractivity contribution is -0.00712. The van der Waals surface area contributed by atoms with Crippen LogP contribution in [0.5, 0.6) is 0 Å². The predicted molar refractivity (Wildman–Crippen MR) is 24.0 cm³/mol. The van der Waals surface area contributed by atoms with Crippen molar-refractivity contribution in [1.29, 1.82) is 0 Å². The van der Waals surface area contributed by atoms with Crippen LogP contribution in [0.4, 0.5) is 8.78 Å². The lowest BCUT2D eigenvalue weighted by Crippen LogP contribution is -2.29. The number of aliphatic hydroxyl groups excluding tert-OH is 2. The van der Waals surface area contributed by atoms with Crippen LogP contribution in [0.1, 0.15) is 0 Å². The Bertz CT molecular complexity index is 52.0. The van der Waals surface area contributed by atoms with Crippen molar-refractivity contribution in [3.05, 3.63) is 0 Å². The molecule has 0 aliphatic carbocycles. The molecule has 8 heavy (non-hydrogen) atoms. The number of hydrogen-bond acceptors (Lipinski definition) is 2. The van der Waals surface area contributed by atoms with Crippen LogP contribution in [-0.2, 0) is 0 Å². The Kier molecular flexibility index (Phi) is 3.64. The Hall–Kier alpha value is -0.220. The molecule has 0 amide bonds. The molecule has 0 heterocycles. The highest BCUT2D eigenvalue weighted by Gasteiger charge is 2.14. The minimum Gasteiger partial charge on any atom is -0.388 e. The predicted octanol–water partition coefficient (Wildman–Crippen LogP) is -0.353. The maximum Gasteiger partial charge on any atom is 0.118 e. The first-order valence-electron chi connectivity index (χ1n) is 2.20. The van der Waals surface area contributed by atoms with Crippen molar-refractivity contribution in [3.8, 4) is 0 Å². The van der Waals surface area contributed by atoms with E-state index in [0.717, 1.165) is 0 Å². The van der Waals surface area contributed by atoms with Gasteiger partial charge in [0.1, 0.15) is 25.6 Å². The van der Waals surface area contributed by atoms with Gasteiger partial charge in [-0.3, -0.25) is 0 Å². The van der Waals surface area contributed by atoms with Crippen molar-refractivity contribution < 1.29 is 19.0 Å². The summed E-state index contributed by atoms with van der Waals surface area (Å²) in [6, 6.07) is 0. The molecule has 0 bridgehead atoms. The van der Waals surface area contributed by atoms with Gasteiger partial charge in [-0.2, -0.15) is 0 Å². The zero-order chi connectivity index (χ0) is 6.57. The molecule has 0 aliphatic heterocycles. The number of halogens is 2. The third-order valence-corrected chi connectivity index (χ3v) is 0.760. The van der Waals surface area contributed by atoms with E-state index in [1.807, 2.05) is 0 Å². The summed E-state index contributed by atoms with van der Waals surface area (Å²) in [6.07, 6.45) is -3.14. The van der Waals surface area contributed by atoms with E-state index in [9.17, 15) is 8.78 Å². The van der Waals surface area contributed by atoms with Gasteiger partial charge in [-0.25, -0.2) is 8.78 Å². The first-order chi connectivity index (χ1) is 3.72. The zero-order valence-electron chi connectivity index (χ0n) is 4.22. The third kappa shape index (κ3) is 2.18. The van der Waals surface area contributed by atoms with Gasteiger partial charge in [0.2, 0.25) is 0 Å². The van der Waals surface area contributed by atoms with Crippen LogP contribution in [0.25, 0.3) is 0 Å². The smallest absolute Gasteiger partial charge is 0.118 e. The Labute approximate surface area is 45.8 Å². The molecule has 0 aromatic heterocycles. The van der Waals surface area contributed by atoms with E-state index in [4.69, 9.17) is 10.2 Å². The van der Waals surface area contributed by atoms with Crippen molar-refractivity contribution in [2.45, 2.75) is 12.2 Å². The summed E-state index contributed by atoms with van der Waals surface area (Å²) < 4.78 is 22.5. The molecular weight excluding hydrogens is 118 g/mol. The second-order valence-electron chi connectivity index (χ2n) is 1.44. The minimum absolute atomic E-state index is 1.11. The largest absolute Gasteiger partial charge is 0.388 e. The van der Waals surface area contributed by atoms with Gasteiger partial charge in [-0.1, -0.05) is 0 Å². The molecule has 2 atom stereocenters. The highest BCUT2D eigenvalue weighted by Crippen LogP contribution is 1.93. The van der Waals surface area contributed by atoms with Crippen LogP contribution in [0, 0.1) is 0 Å². The van der Waals surface area contributed by atoms with Crippen LogP contribution in [0.2, 0.25) is 0 Å². The SMILES string of the molecule is O[C@H](CF)[C@H](O)CF. The zero-order valence-corrected chi connectivity index (χ0v) is 4.22. The van der Waals surface area contributed by atoms with Gasteiger partial charge in [0, 0.05) is 0 Å². The van der Waals surface area contributed by atoms with E-state index in [-0.39, 0.29) is 0 Å². The van der Waals surface area contributed by atoms with Gasteiger partial charge in [0.25, 0.3) is 0 Å². The highest BCUT2D eigenvalue weighted by atomic mass is 19.1. The number of aliphatic hydroxyl groups is 2. The molecular formula is C4H8F2O2. The average Bonchev–Trinajstić information content (AvgIpc) is 1.84. The number of alkyl halides is 2. The fourth-order valence-electron chi connectivity index (χ4n) is 0.206. The fourth-order valence-corrected chi connectivity index (χ4v) is 0.206. The molecule has 0 aromatic carbocycles. The van der Waals surface area contributed by atoms with Crippen LogP contribution in [0.3, 0.4) is 0 Å². The molecule has 0 aromatic rings. The summed E-state index contributed by atoms with van der Waals surface area (Å²) in [6.45, 7) is -2.21. The van der Waals surface area contributed by atoms with Crippen molar-refractivity contribution >= 4 is 0 Å². The van der Waals surface area contributed by atoms with E-state index < -0.39 is 25.6 Å². The monoisotopic (exact) mass is 126 g/mol. The standard InChI is InChI=1S/C4H8F2O2/c5-1-3(7)4(8)2-6/h3-4,7-8H,1-2H2/t3-,4-/m1/s1. The molecule has 2 nitrogen and oxygen atoms in total. The Morgan fingerprint density at radius 3 is 1.38 bits per heavy atom. The lowest BCUT2D eigenvalue weighted by Gasteiger charge is -2.08. The molecule has 0 radical (unpaired) electrons. The summed E-state index contributed by atoms with van der Waals surface area (Å²) in [5.41, 5.74) is 0. The molecule has 2 N–H and O–H groups in total. The Balaban J connectivity index is 3.29. The molecule has 0 fully saturated rings. The van der Waals surface area contributed by atoms with Crippen LogP contribution in [-0.4, -0.2) is 35.8 Å². The lowest BCUT2D eigenvalue weighted by atomic mass is 10.2. The molecule has 0 saturated carbocycles. The topological polar surface area (TPSA) is 40.5 Å². The van der Waals surface area contributed by atoms with Gasteiger partial charge < -0.3 is 10.2 Å². The maximum absolute atomic E-state index is 11.2. The van der Waals surface area contributed by atoms with Crippen molar-refractivity contribution in [2.75, 3.05) is 13.3 Å². The summed E-state index contributed by atoms with van der Waals surface area (Å²) in [7, 11) is 0. The molecule has 0 aliphatic rings. The van der Waals surface area contributed by atoms with Crippen LogP contribution >= 0.6 is 0 Å². The Morgan fingerprint density at radius 2 is 1.25 bits per heavy atom. The average molecular weight is 126 g/mol. The number of hydrogen-bond donors (Lipinski definition) is 2. The molecule has 0 spiro atoms. The van der Waals surface area contributed by atoms with E-state index in [2.05, 4.69) is 0 Å². The second kappa shape index (κ2) is 3.74. The Morgan fingerprint density at radius 1 is 1.00 bits per heavy atom. The van der Waals surface area contributed by atoms with Gasteiger partial charge >= 0.3 is 0 Å². The highest BCUT2D eigenvalue weighted by molar-refractivity contribution is 4.63. The van der Waals surface area contributed by atoms with Gasteiger partial charge in [-0.05, 0) is 0 Å². The van der Waals surface area contributed by atoms with Gasteiger partial charge in [0.15, 0.2) is 0 Å². The summed E-state index contributed by atoms with van der Waals surface area (Å²) >= 11 is 0. The van der Waals surface area contributed by atoms with E-state index >= 15 is 0 Å². The maximum atomic E-state index is 11.2. The summed E-state index contributed by atoms with van der Waals surface area (Å²) in [4.78, 5) is 0. The van der Waals surface area contributed by atoms with Gasteiger partial charge in [0.05, 0.1) is 0 Å². The third-order valence-electron chi connectivity index (χ3n) is 0.760. The molecule has 0 saturated heterocycles. The molecule has 0 rings (SSSR count). The molecule has 0 unspecified atom stereocenters.